The third-order valence-corrected chi connectivity index (χ3v) is 4.02. The van der Waals surface area contributed by atoms with Crippen molar-refractivity contribution >= 4 is 0 Å². The average molecular weight is 258 g/mol. The highest BCUT2D eigenvalue weighted by Gasteiger charge is 2.25. The zero-order chi connectivity index (χ0) is 14.6. The van der Waals surface area contributed by atoms with Crippen LogP contribution < -0.4 is 5.32 Å². The van der Waals surface area contributed by atoms with Crippen molar-refractivity contribution in [1.29, 1.82) is 5.26 Å². The number of benzene rings is 1. The molecule has 0 saturated heterocycles. The number of aryl methyl sites for hydroxylation is 2. The summed E-state index contributed by atoms with van der Waals surface area (Å²) < 4.78 is 0. The molecular weight excluding hydrogens is 232 g/mol. The summed E-state index contributed by atoms with van der Waals surface area (Å²) in [5.74, 6) is 0. The van der Waals surface area contributed by atoms with Gasteiger partial charge in [0.05, 0.1) is 6.07 Å². The highest BCUT2D eigenvalue weighted by Crippen LogP contribution is 2.32. The summed E-state index contributed by atoms with van der Waals surface area (Å²) in [5.41, 5.74) is 7.06. The highest BCUT2D eigenvalue weighted by molar-refractivity contribution is 5.47. The molecule has 0 heterocycles. The molecule has 0 spiro atoms. The van der Waals surface area contributed by atoms with E-state index in [9.17, 15) is 0 Å². The lowest BCUT2D eigenvalue weighted by atomic mass is 9.77. The molecule has 1 aromatic rings. The molecule has 0 bridgehead atoms. The van der Waals surface area contributed by atoms with E-state index in [2.05, 4.69) is 59.0 Å². The zero-order valence-electron chi connectivity index (χ0n) is 13.1. The van der Waals surface area contributed by atoms with Gasteiger partial charge in [0.1, 0.15) is 0 Å². The monoisotopic (exact) mass is 258 g/mol. The van der Waals surface area contributed by atoms with Crippen molar-refractivity contribution in [3.05, 3.63) is 33.9 Å². The van der Waals surface area contributed by atoms with Crippen LogP contribution in [0, 0.1) is 39.0 Å². The fourth-order valence-electron chi connectivity index (χ4n) is 2.87. The highest BCUT2D eigenvalue weighted by atomic mass is 14.9. The summed E-state index contributed by atoms with van der Waals surface area (Å²) in [6.07, 6.45) is 0.570. The van der Waals surface area contributed by atoms with E-state index in [0.717, 1.165) is 13.1 Å². The van der Waals surface area contributed by atoms with E-state index in [4.69, 9.17) is 5.26 Å². The molecule has 0 saturated carbocycles. The summed E-state index contributed by atoms with van der Waals surface area (Å²) in [6.45, 7) is 15.0. The number of rotatable bonds is 5. The van der Waals surface area contributed by atoms with Gasteiger partial charge >= 0.3 is 0 Å². The summed E-state index contributed by atoms with van der Waals surface area (Å²) in [7, 11) is 0. The molecule has 0 fully saturated rings. The first-order chi connectivity index (χ1) is 8.81. The number of hydrogen-bond acceptors (Lipinski definition) is 2. The van der Waals surface area contributed by atoms with Crippen molar-refractivity contribution in [3.63, 3.8) is 0 Å². The minimum atomic E-state index is 0.0837. The Balaban J connectivity index is 3.04. The Morgan fingerprint density at radius 3 is 2.11 bits per heavy atom. The van der Waals surface area contributed by atoms with Gasteiger partial charge in [-0.2, -0.15) is 5.26 Å². The van der Waals surface area contributed by atoms with E-state index < -0.39 is 0 Å². The molecule has 0 amide bonds. The maximum absolute atomic E-state index is 8.58. The fraction of sp³-hybridized carbons (Fsp3) is 0.588. The normalized spacial score (nSPS) is 11.4. The van der Waals surface area contributed by atoms with Crippen molar-refractivity contribution in [2.45, 2.75) is 53.4 Å². The second kappa shape index (κ2) is 6.21. The molecule has 0 atom stereocenters. The van der Waals surface area contributed by atoms with Crippen LogP contribution in [0.3, 0.4) is 0 Å². The molecule has 0 aliphatic rings. The van der Waals surface area contributed by atoms with E-state index in [1.165, 1.54) is 27.8 Å². The second-order valence-corrected chi connectivity index (χ2v) is 6.10. The Hall–Kier alpha value is -1.33. The van der Waals surface area contributed by atoms with E-state index >= 15 is 0 Å². The second-order valence-electron chi connectivity index (χ2n) is 6.10. The fourth-order valence-corrected chi connectivity index (χ4v) is 2.87. The lowest BCUT2D eigenvalue weighted by molar-refractivity contribution is 0.468. The van der Waals surface area contributed by atoms with E-state index in [1.807, 2.05) is 0 Å². The van der Waals surface area contributed by atoms with E-state index in [1.54, 1.807) is 0 Å². The molecule has 2 heteroatoms. The standard InChI is InChI=1S/C17H26N2/c1-12-10-13(2)15(4)16(14(12)3)17(5,6)11-19-9-7-8-18/h10,19H,7,9,11H2,1-6H3. The predicted octanol–water partition coefficient (Wildman–Crippen LogP) is 3.70. The molecule has 0 aliphatic heterocycles. The Kier molecular flexibility index (Phi) is 5.14. The van der Waals surface area contributed by atoms with Gasteiger partial charge in [-0.05, 0) is 55.5 Å². The average Bonchev–Trinajstić information content (AvgIpc) is 2.32. The van der Waals surface area contributed by atoms with Crippen molar-refractivity contribution in [2.24, 2.45) is 0 Å². The van der Waals surface area contributed by atoms with Gasteiger partial charge in [-0.25, -0.2) is 0 Å². The van der Waals surface area contributed by atoms with Gasteiger partial charge in [0.25, 0.3) is 0 Å². The largest absolute Gasteiger partial charge is 0.315 e. The van der Waals surface area contributed by atoms with Gasteiger partial charge < -0.3 is 5.32 Å². The van der Waals surface area contributed by atoms with Crippen molar-refractivity contribution in [2.75, 3.05) is 13.1 Å². The van der Waals surface area contributed by atoms with Crippen LogP contribution in [0.4, 0.5) is 0 Å². The molecule has 1 aromatic carbocycles. The number of nitrogens with one attached hydrogen (secondary N) is 1. The minimum absolute atomic E-state index is 0.0837. The van der Waals surface area contributed by atoms with Gasteiger partial charge in [0.15, 0.2) is 0 Å². The maximum Gasteiger partial charge on any atom is 0.0635 e. The SMILES string of the molecule is Cc1cc(C)c(C)c(C(C)(C)CNCCC#N)c1C. The number of hydrogen-bond donors (Lipinski definition) is 1. The van der Waals surface area contributed by atoms with Gasteiger partial charge in [-0.3, -0.25) is 0 Å². The van der Waals surface area contributed by atoms with Gasteiger partial charge in [0, 0.05) is 24.9 Å². The quantitative estimate of drug-likeness (QED) is 0.817. The third-order valence-electron chi connectivity index (χ3n) is 4.02. The minimum Gasteiger partial charge on any atom is -0.315 e. The Labute approximate surface area is 117 Å². The van der Waals surface area contributed by atoms with Crippen LogP contribution in [0.1, 0.15) is 48.1 Å². The van der Waals surface area contributed by atoms with Gasteiger partial charge in [-0.15, -0.1) is 0 Å². The topological polar surface area (TPSA) is 35.8 Å². The maximum atomic E-state index is 8.58. The molecule has 19 heavy (non-hydrogen) atoms. The van der Waals surface area contributed by atoms with Gasteiger partial charge in [0.2, 0.25) is 0 Å². The van der Waals surface area contributed by atoms with Crippen LogP contribution in [-0.2, 0) is 5.41 Å². The lowest BCUT2D eigenvalue weighted by Gasteiger charge is -2.31. The van der Waals surface area contributed by atoms with Crippen LogP contribution >= 0.6 is 0 Å². The van der Waals surface area contributed by atoms with Crippen molar-refractivity contribution < 1.29 is 0 Å². The summed E-state index contributed by atoms with van der Waals surface area (Å²) in [6, 6.07) is 4.44. The van der Waals surface area contributed by atoms with E-state index in [-0.39, 0.29) is 5.41 Å². The number of nitriles is 1. The predicted molar refractivity (Wildman–Crippen MR) is 81.5 cm³/mol. The first-order valence-electron chi connectivity index (χ1n) is 6.97. The summed E-state index contributed by atoms with van der Waals surface area (Å²) >= 11 is 0. The molecule has 0 unspecified atom stereocenters. The molecule has 0 aliphatic carbocycles. The van der Waals surface area contributed by atoms with Crippen LogP contribution in [0.15, 0.2) is 6.07 Å². The number of nitrogens with zero attached hydrogens (tertiary/aromatic N) is 1. The van der Waals surface area contributed by atoms with Gasteiger partial charge in [-0.1, -0.05) is 19.9 Å². The molecule has 1 rings (SSSR count). The van der Waals surface area contributed by atoms with Crippen molar-refractivity contribution in [3.8, 4) is 6.07 Å². The molecule has 0 radical (unpaired) electrons. The molecular formula is C17H26N2. The molecule has 1 N–H and O–H groups in total. The van der Waals surface area contributed by atoms with Crippen LogP contribution in [-0.4, -0.2) is 13.1 Å². The Morgan fingerprint density at radius 2 is 1.63 bits per heavy atom. The van der Waals surface area contributed by atoms with E-state index in [0.29, 0.717) is 6.42 Å². The third kappa shape index (κ3) is 3.58. The Morgan fingerprint density at radius 1 is 1.11 bits per heavy atom. The van der Waals surface area contributed by atoms with Crippen LogP contribution in [0.2, 0.25) is 0 Å². The van der Waals surface area contributed by atoms with Crippen LogP contribution in [0.5, 0.6) is 0 Å². The first-order valence-corrected chi connectivity index (χ1v) is 6.97. The zero-order valence-corrected chi connectivity index (χ0v) is 13.1. The lowest BCUT2D eigenvalue weighted by Crippen LogP contribution is -2.35. The summed E-state index contributed by atoms with van der Waals surface area (Å²) in [4.78, 5) is 0. The first kappa shape index (κ1) is 15.7. The summed E-state index contributed by atoms with van der Waals surface area (Å²) in [5, 5.41) is 12.0. The van der Waals surface area contributed by atoms with Crippen molar-refractivity contribution in [1.82, 2.24) is 5.32 Å². The smallest absolute Gasteiger partial charge is 0.0635 e. The molecule has 104 valence electrons. The molecule has 0 aromatic heterocycles. The Bertz CT molecular complexity index is 467. The van der Waals surface area contributed by atoms with Crippen LogP contribution in [0.25, 0.3) is 0 Å². The molecule has 2 nitrogen and oxygen atoms in total.